The van der Waals surface area contributed by atoms with Crippen LogP contribution in [0.25, 0.3) is 0 Å². The van der Waals surface area contributed by atoms with Gasteiger partial charge in [-0.3, -0.25) is 0 Å². The second-order valence-electron chi connectivity index (χ2n) is 23.1. The maximum atomic E-state index is 12.7. The molecule has 0 radical (unpaired) electrons. The Kier molecular flexibility index (Phi) is 15.9. The first-order valence-corrected chi connectivity index (χ1v) is 24.5. The van der Waals surface area contributed by atoms with Crippen LogP contribution < -0.4 is 0 Å². The first kappa shape index (κ1) is 53.8. The Morgan fingerprint density at radius 2 is 1.13 bits per heavy atom. The van der Waals surface area contributed by atoms with Crippen LogP contribution in [-0.2, 0) is 28.4 Å². The van der Waals surface area contributed by atoms with Crippen molar-refractivity contribution in [2.45, 2.75) is 223 Å². The minimum absolute atomic E-state index is 0.0733. The molecule has 4 aliphatic carbocycles. The summed E-state index contributed by atoms with van der Waals surface area (Å²) in [5.41, 5.74) is -1.96. The molecule has 0 spiro atoms. The first-order valence-electron chi connectivity index (χ1n) is 24.5. The molecular formula is C48H82O19. The third-order valence-corrected chi connectivity index (χ3v) is 18.7. The summed E-state index contributed by atoms with van der Waals surface area (Å²) in [6.07, 6.45) is -19.6. The van der Waals surface area contributed by atoms with Crippen molar-refractivity contribution in [3.63, 3.8) is 0 Å². The second kappa shape index (κ2) is 19.8. The van der Waals surface area contributed by atoms with Crippen molar-refractivity contribution in [3.05, 3.63) is 11.6 Å². The largest absolute Gasteiger partial charge is 0.394 e. The summed E-state index contributed by atoms with van der Waals surface area (Å²) in [4.78, 5) is 0. The van der Waals surface area contributed by atoms with Crippen molar-refractivity contribution in [1.29, 1.82) is 0 Å². The van der Waals surface area contributed by atoms with E-state index in [0.29, 0.717) is 25.7 Å². The minimum Gasteiger partial charge on any atom is -0.394 e. The molecule has 13 N–H and O–H groups in total. The van der Waals surface area contributed by atoms with Gasteiger partial charge < -0.3 is 94.8 Å². The smallest absolute Gasteiger partial charge is 0.187 e. The number of hydrogen-bond acceptors (Lipinski definition) is 19. The van der Waals surface area contributed by atoms with Gasteiger partial charge in [0.25, 0.3) is 0 Å². The molecule has 26 atom stereocenters. The number of ether oxygens (including phenoxy) is 6. The van der Waals surface area contributed by atoms with Crippen molar-refractivity contribution in [2.24, 2.45) is 45.3 Å². The Morgan fingerprint density at radius 1 is 0.612 bits per heavy atom. The summed E-state index contributed by atoms with van der Waals surface area (Å²) in [5, 5.41) is 141. The Labute approximate surface area is 393 Å². The van der Waals surface area contributed by atoms with E-state index in [1.165, 1.54) is 0 Å². The number of allylic oxidation sites excluding steroid dienone is 2. The lowest BCUT2D eigenvalue weighted by atomic mass is 9.35. The molecule has 3 unspecified atom stereocenters. The molecule has 0 aromatic rings. The molecule has 0 bridgehead atoms. The predicted octanol–water partition coefficient (Wildman–Crippen LogP) is -1.06. The molecule has 7 fully saturated rings. The van der Waals surface area contributed by atoms with Crippen LogP contribution in [0.15, 0.2) is 11.6 Å². The van der Waals surface area contributed by atoms with Gasteiger partial charge in [0.2, 0.25) is 0 Å². The van der Waals surface area contributed by atoms with Crippen molar-refractivity contribution in [1.82, 2.24) is 0 Å². The van der Waals surface area contributed by atoms with Crippen LogP contribution in [0.2, 0.25) is 0 Å². The van der Waals surface area contributed by atoms with Crippen molar-refractivity contribution in [3.8, 4) is 0 Å². The molecule has 3 aliphatic heterocycles. The number of aliphatic hydroxyl groups is 13. The normalized spacial score (nSPS) is 52.9. The quantitative estimate of drug-likeness (QED) is 0.0773. The second-order valence-corrected chi connectivity index (χ2v) is 23.1. The van der Waals surface area contributed by atoms with Gasteiger partial charge >= 0.3 is 0 Å². The topological polar surface area (TPSA) is 318 Å². The minimum atomic E-state index is -1.85. The van der Waals surface area contributed by atoms with Gasteiger partial charge in [-0.2, -0.15) is 0 Å². The average Bonchev–Trinajstić information content (AvgIpc) is 3.65. The molecule has 388 valence electrons. The van der Waals surface area contributed by atoms with E-state index in [0.717, 1.165) is 24.8 Å². The molecule has 7 rings (SSSR count). The zero-order chi connectivity index (χ0) is 49.5. The fourth-order valence-electron chi connectivity index (χ4n) is 15.0. The Balaban J connectivity index is 1.15. The standard InChI is InChI=1S/C48H82O19/c1-21(2)10-9-13-48(8,67-42-38(61)35(58)32(55)26(19-50)63-42)22-11-14-47(7)30(22)23(52)16-29-45(5)17-24(53)40(44(3,4)28(45)12-15-46(29,47)6)66-43-39(36(59)33(56)27(20-51)64-43)65-41-37(60)34(57)31(54)25(18-49)62-41/h10,22-43,49-61H,9,11-20H2,1-8H3/t22-,23?,24+,25+,26+,27+,28-,29+,30-,31+,32?,33+,34-,35-,36-,37+,38?,39+,40-,41-,42-,43-,45-,46+,47+,48-/m1/s1. The van der Waals surface area contributed by atoms with Gasteiger partial charge in [0, 0.05) is 0 Å². The number of aliphatic hydroxyl groups excluding tert-OH is 13. The lowest BCUT2D eigenvalue weighted by molar-refractivity contribution is -0.383. The van der Waals surface area contributed by atoms with Crippen molar-refractivity contribution in [2.75, 3.05) is 19.8 Å². The molecule has 0 aromatic carbocycles. The lowest BCUT2D eigenvalue weighted by Crippen LogP contribution is -2.70. The lowest BCUT2D eigenvalue weighted by Gasteiger charge is -2.71. The zero-order valence-corrected chi connectivity index (χ0v) is 40.3. The Bertz CT molecular complexity index is 1710. The van der Waals surface area contributed by atoms with E-state index in [1.54, 1.807) is 0 Å². The van der Waals surface area contributed by atoms with Gasteiger partial charge in [-0.15, -0.1) is 0 Å². The highest BCUT2D eigenvalue weighted by atomic mass is 16.8. The summed E-state index contributed by atoms with van der Waals surface area (Å²) in [5.74, 6) is -0.628. The predicted molar refractivity (Wildman–Crippen MR) is 235 cm³/mol. The molecule has 4 saturated carbocycles. The molecule has 7 aliphatic rings. The highest BCUT2D eigenvalue weighted by Crippen LogP contribution is 2.76. The third-order valence-electron chi connectivity index (χ3n) is 18.7. The maximum absolute atomic E-state index is 12.7. The summed E-state index contributed by atoms with van der Waals surface area (Å²) in [6, 6.07) is 0. The average molecular weight is 963 g/mol. The van der Waals surface area contributed by atoms with Gasteiger partial charge in [0.1, 0.15) is 73.2 Å². The fraction of sp³-hybridized carbons (Fsp3) is 0.958. The van der Waals surface area contributed by atoms with Crippen LogP contribution in [0.5, 0.6) is 0 Å². The molecule has 67 heavy (non-hydrogen) atoms. The molecule has 19 heteroatoms. The highest BCUT2D eigenvalue weighted by Gasteiger charge is 2.73. The van der Waals surface area contributed by atoms with E-state index in [4.69, 9.17) is 28.4 Å². The van der Waals surface area contributed by atoms with Gasteiger partial charge in [-0.1, -0.05) is 46.3 Å². The van der Waals surface area contributed by atoms with Gasteiger partial charge in [-0.25, -0.2) is 0 Å². The molecule has 3 saturated heterocycles. The van der Waals surface area contributed by atoms with E-state index in [9.17, 15) is 66.4 Å². The molecular weight excluding hydrogens is 881 g/mol. The van der Waals surface area contributed by atoms with Gasteiger partial charge in [0.15, 0.2) is 18.9 Å². The SMILES string of the molecule is CC(C)=CCC[C@@](C)(O[C@H]1O[C@@H](CO)C(O)[C@@H](O)C1O)[C@@H]1CC[C@@]2(C)[C@H]1C(O)C[C@H]1[C@]3(C)C[C@H](O)[C@@H](O[C@H]4O[C@@H](CO)[C@H](O)[C@@H](O)[C@@H]4O[C@H]4O[C@@H](CO)[C@H](O)[C@@H](O)[C@@H]4O)C(C)(C)[C@H]3CC[C@@]12C. The van der Waals surface area contributed by atoms with Crippen LogP contribution in [0, 0.1) is 45.3 Å². The molecule has 0 amide bonds. The number of rotatable bonds is 13. The van der Waals surface area contributed by atoms with Crippen LogP contribution in [0.3, 0.4) is 0 Å². The number of fused-ring (bicyclic) bond motifs is 5. The Hall–Kier alpha value is -1.02. The van der Waals surface area contributed by atoms with Crippen LogP contribution in [0.1, 0.15) is 107 Å². The van der Waals surface area contributed by atoms with Crippen LogP contribution in [-0.4, -0.2) is 202 Å². The number of hydrogen-bond donors (Lipinski definition) is 13. The summed E-state index contributed by atoms with van der Waals surface area (Å²) >= 11 is 0. The monoisotopic (exact) mass is 963 g/mol. The van der Waals surface area contributed by atoms with Crippen LogP contribution in [0.4, 0.5) is 0 Å². The van der Waals surface area contributed by atoms with E-state index < -0.39 is 152 Å². The molecule has 3 heterocycles. The summed E-state index contributed by atoms with van der Waals surface area (Å²) in [6.45, 7) is 14.7. The van der Waals surface area contributed by atoms with Gasteiger partial charge in [0.05, 0.1) is 43.7 Å². The molecule has 0 aromatic heterocycles. The van der Waals surface area contributed by atoms with Crippen molar-refractivity contribution >= 4 is 0 Å². The fourth-order valence-corrected chi connectivity index (χ4v) is 15.0. The molecule has 19 nitrogen and oxygen atoms in total. The highest BCUT2D eigenvalue weighted by molar-refractivity contribution is 5.21. The van der Waals surface area contributed by atoms with E-state index in [2.05, 4.69) is 26.8 Å². The maximum Gasteiger partial charge on any atom is 0.187 e. The zero-order valence-electron chi connectivity index (χ0n) is 40.3. The Morgan fingerprint density at radius 3 is 1.70 bits per heavy atom. The third kappa shape index (κ3) is 9.03. The van der Waals surface area contributed by atoms with Crippen LogP contribution >= 0.6 is 0 Å². The van der Waals surface area contributed by atoms with Gasteiger partial charge in [-0.05, 0) is 117 Å². The first-order chi connectivity index (χ1) is 31.3. The van der Waals surface area contributed by atoms with Crippen molar-refractivity contribution < 1.29 is 94.8 Å². The summed E-state index contributed by atoms with van der Waals surface area (Å²) < 4.78 is 36.9. The van der Waals surface area contributed by atoms with E-state index in [-0.39, 0.29) is 35.5 Å². The van der Waals surface area contributed by atoms with E-state index >= 15 is 0 Å². The summed E-state index contributed by atoms with van der Waals surface area (Å²) in [7, 11) is 0. The van der Waals surface area contributed by atoms with E-state index in [1.807, 2.05) is 34.6 Å².